The van der Waals surface area contributed by atoms with Gasteiger partial charge in [0, 0.05) is 36.0 Å². The minimum atomic E-state index is 0.905. The molecule has 0 atom stereocenters. The van der Waals surface area contributed by atoms with Gasteiger partial charge >= 0.3 is 0 Å². The van der Waals surface area contributed by atoms with E-state index in [2.05, 4.69) is 37.7 Å². The molecule has 0 saturated carbocycles. The van der Waals surface area contributed by atoms with E-state index in [0.717, 1.165) is 22.6 Å². The van der Waals surface area contributed by atoms with Crippen LogP contribution >= 0.6 is 11.3 Å². The summed E-state index contributed by atoms with van der Waals surface area (Å²) >= 11 is 1.65. The minimum absolute atomic E-state index is 0.905. The molecule has 0 spiro atoms. The van der Waals surface area contributed by atoms with E-state index in [1.54, 1.807) is 29.9 Å². The third-order valence-electron chi connectivity index (χ3n) is 3.17. The van der Waals surface area contributed by atoms with Crippen LogP contribution in [-0.2, 0) is 0 Å². The Bertz CT molecular complexity index is 864. The number of imidazole rings is 1. The molecule has 0 unspecified atom stereocenters. The Labute approximate surface area is 119 Å². The fourth-order valence-corrected chi connectivity index (χ4v) is 2.88. The quantitative estimate of drug-likeness (QED) is 0.563. The first kappa shape index (κ1) is 11.3. The van der Waals surface area contributed by atoms with E-state index in [1.165, 1.54) is 4.70 Å². The number of rotatable bonds is 2. The molecule has 0 aliphatic rings. The van der Waals surface area contributed by atoms with Crippen molar-refractivity contribution in [1.29, 1.82) is 0 Å². The minimum Gasteiger partial charge on any atom is -0.300 e. The Hall–Kier alpha value is -2.53. The van der Waals surface area contributed by atoms with Crippen LogP contribution in [0, 0.1) is 0 Å². The standard InChI is InChI=1S/C15H10N4S/c1-2-14-13(18-10-20-14)9-12(1)19-8-7-17-15(19)11-3-5-16-6-4-11/h1-10H. The third-order valence-corrected chi connectivity index (χ3v) is 3.98. The Morgan fingerprint density at radius 3 is 2.75 bits per heavy atom. The maximum absolute atomic E-state index is 4.45. The zero-order chi connectivity index (χ0) is 13.4. The molecule has 4 nitrogen and oxygen atoms in total. The highest BCUT2D eigenvalue weighted by Gasteiger charge is 2.08. The topological polar surface area (TPSA) is 43.6 Å². The van der Waals surface area contributed by atoms with Crippen LogP contribution in [0.1, 0.15) is 0 Å². The third kappa shape index (κ3) is 1.80. The van der Waals surface area contributed by atoms with Crippen LogP contribution < -0.4 is 0 Å². The summed E-state index contributed by atoms with van der Waals surface area (Å²) in [5.74, 6) is 0.905. The molecule has 0 aliphatic heterocycles. The van der Waals surface area contributed by atoms with Gasteiger partial charge < -0.3 is 0 Å². The predicted molar refractivity (Wildman–Crippen MR) is 80.0 cm³/mol. The molecule has 4 rings (SSSR count). The van der Waals surface area contributed by atoms with E-state index < -0.39 is 0 Å². The Morgan fingerprint density at radius 1 is 0.950 bits per heavy atom. The van der Waals surface area contributed by atoms with Gasteiger partial charge in [0.05, 0.1) is 15.7 Å². The van der Waals surface area contributed by atoms with Crippen LogP contribution in [0.25, 0.3) is 27.3 Å². The summed E-state index contributed by atoms with van der Waals surface area (Å²) in [6, 6.07) is 10.2. The average molecular weight is 278 g/mol. The normalized spacial score (nSPS) is 11.0. The molecule has 1 aromatic carbocycles. The fraction of sp³-hybridized carbons (Fsp3) is 0. The van der Waals surface area contributed by atoms with Gasteiger partial charge in [-0.25, -0.2) is 9.97 Å². The maximum atomic E-state index is 4.45. The van der Waals surface area contributed by atoms with Crippen LogP contribution in [-0.4, -0.2) is 19.5 Å². The second-order valence-corrected chi connectivity index (χ2v) is 5.25. The van der Waals surface area contributed by atoms with Crippen molar-refractivity contribution in [2.24, 2.45) is 0 Å². The molecule has 0 aliphatic carbocycles. The summed E-state index contributed by atoms with van der Waals surface area (Å²) in [7, 11) is 0. The smallest absolute Gasteiger partial charge is 0.144 e. The Balaban J connectivity index is 1.88. The van der Waals surface area contributed by atoms with Crippen molar-refractivity contribution in [3.05, 3.63) is 60.6 Å². The highest BCUT2D eigenvalue weighted by molar-refractivity contribution is 7.16. The summed E-state index contributed by atoms with van der Waals surface area (Å²) in [5, 5.41) is 0. The largest absolute Gasteiger partial charge is 0.300 e. The molecule has 0 N–H and O–H groups in total. The molecule has 4 aromatic rings. The number of aromatic nitrogens is 4. The fourth-order valence-electron chi connectivity index (χ4n) is 2.22. The van der Waals surface area contributed by atoms with Crippen molar-refractivity contribution in [1.82, 2.24) is 19.5 Å². The summed E-state index contributed by atoms with van der Waals surface area (Å²) in [6.07, 6.45) is 7.32. The van der Waals surface area contributed by atoms with Gasteiger partial charge in [0.1, 0.15) is 5.82 Å². The van der Waals surface area contributed by atoms with Gasteiger partial charge in [-0.1, -0.05) is 0 Å². The molecule has 3 heterocycles. The highest BCUT2D eigenvalue weighted by Crippen LogP contribution is 2.24. The molecule has 0 saturated heterocycles. The predicted octanol–water partition coefficient (Wildman–Crippen LogP) is 3.54. The Morgan fingerprint density at radius 2 is 1.85 bits per heavy atom. The maximum Gasteiger partial charge on any atom is 0.144 e. The van der Waals surface area contributed by atoms with E-state index in [4.69, 9.17) is 0 Å². The molecule has 0 fully saturated rings. The number of thiazole rings is 1. The summed E-state index contributed by atoms with van der Waals surface area (Å²) in [6.45, 7) is 0. The van der Waals surface area contributed by atoms with Gasteiger partial charge in [-0.15, -0.1) is 11.3 Å². The van der Waals surface area contributed by atoms with Gasteiger partial charge in [0.2, 0.25) is 0 Å². The number of pyridine rings is 1. The van der Waals surface area contributed by atoms with Crippen molar-refractivity contribution in [3.63, 3.8) is 0 Å². The van der Waals surface area contributed by atoms with Crippen molar-refractivity contribution in [3.8, 4) is 17.1 Å². The molecule has 0 amide bonds. The summed E-state index contributed by atoms with van der Waals surface area (Å²) in [5.41, 5.74) is 4.99. The van der Waals surface area contributed by atoms with Gasteiger partial charge in [0.15, 0.2) is 0 Å². The molecule has 20 heavy (non-hydrogen) atoms. The first-order valence-corrected chi connectivity index (χ1v) is 7.07. The van der Waals surface area contributed by atoms with E-state index >= 15 is 0 Å². The number of fused-ring (bicyclic) bond motifs is 1. The highest BCUT2D eigenvalue weighted by atomic mass is 32.1. The molecule has 96 valence electrons. The molecule has 3 aromatic heterocycles. The SMILES string of the molecule is c1cc(-c2nccn2-c2ccc3scnc3c2)ccn1. The first-order chi connectivity index (χ1) is 9.92. The van der Waals surface area contributed by atoms with E-state index in [1.807, 2.05) is 23.8 Å². The second-order valence-electron chi connectivity index (χ2n) is 4.36. The lowest BCUT2D eigenvalue weighted by Crippen LogP contribution is -1.96. The molecule has 0 radical (unpaired) electrons. The number of hydrogen-bond donors (Lipinski definition) is 0. The van der Waals surface area contributed by atoms with Crippen LogP contribution in [0.2, 0.25) is 0 Å². The van der Waals surface area contributed by atoms with Crippen LogP contribution in [0.5, 0.6) is 0 Å². The van der Waals surface area contributed by atoms with Gasteiger partial charge in [-0.3, -0.25) is 9.55 Å². The van der Waals surface area contributed by atoms with Crippen LogP contribution in [0.3, 0.4) is 0 Å². The Kier molecular flexibility index (Phi) is 2.57. The monoisotopic (exact) mass is 278 g/mol. The zero-order valence-electron chi connectivity index (χ0n) is 10.5. The van der Waals surface area contributed by atoms with E-state index in [9.17, 15) is 0 Å². The number of benzene rings is 1. The lowest BCUT2D eigenvalue weighted by atomic mass is 10.2. The van der Waals surface area contributed by atoms with Crippen molar-refractivity contribution in [2.45, 2.75) is 0 Å². The van der Waals surface area contributed by atoms with Gasteiger partial charge in [0.25, 0.3) is 0 Å². The van der Waals surface area contributed by atoms with E-state index in [-0.39, 0.29) is 0 Å². The lowest BCUT2D eigenvalue weighted by molar-refractivity contribution is 1.07. The van der Waals surface area contributed by atoms with E-state index in [0.29, 0.717) is 0 Å². The van der Waals surface area contributed by atoms with Crippen molar-refractivity contribution >= 4 is 21.6 Å². The first-order valence-electron chi connectivity index (χ1n) is 6.19. The second kappa shape index (κ2) is 4.54. The van der Waals surface area contributed by atoms with Gasteiger partial charge in [-0.05, 0) is 30.3 Å². The number of nitrogens with zero attached hydrogens (tertiary/aromatic N) is 4. The molecular formula is C15H10N4S. The number of hydrogen-bond acceptors (Lipinski definition) is 4. The van der Waals surface area contributed by atoms with Crippen molar-refractivity contribution < 1.29 is 0 Å². The summed E-state index contributed by atoms with van der Waals surface area (Å²) < 4.78 is 3.26. The van der Waals surface area contributed by atoms with Crippen LogP contribution in [0.15, 0.2) is 60.6 Å². The average Bonchev–Trinajstić information content (AvgIpc) is 3.16. The van der Waals surface area contributed by atoms with Crippen LogP contribution in [0.4, 0.5) is 0 Å². The summed E-state index contributed by atoms with van der Waals surface area (Å²) in [4.78, 5) is 12.9. The zero-order valence-corrected chi connectivity index (χ0v) is 11.3. The lowest BCUT2D eigenvalue weighted by Gasteiger charge is -2.07. The van der Waals surface area contributed by atoms with Gasteiger partial charge in [-0.2, -0.15) is 0 Å². The molecular weight excluding hydrogens is 268 g/mol. The molecule has 5 heteroatoms. The van der Waals surface area contributed by atoms with Crippen molar-refractivity contribution in [2.75, 3.05) is 0 Å². The molecule has 0 bridgehead atoms.